The minimum Gasteiger partial charge on any atom is -0.493 e. The van der Waals surface area contributed by atoms with Crippen molar-refractivity contribution in [1.82, 2.24) is 5.32 Å². The van der Waals surface area contributed by atoms with Crippen molar-refractivity contribution in [3.05, 3.63) is 35.1 Å². The molecule has 2 bridgehead atoms. The van der Waals surface area contributed by atoms with Gasteiger partial charge in [0.2, 0.25) is 0 Å². The molecular formula is C29H37NO9. The maximum atomic E-state index is 13.0. The zero-order valence-corrected chi connectivity index (χ0v) is 23.1. The molecule has 0 radical (unpaired) electrons. The normalized spacial score (nSPS) is 28.7. The predicted octanol–water partition coefficient (Wildman–Crippen LogP) is 3.46. The summed E-state index contributed by atoms with van der Waals surface area (Å²) < 4.78 is 28.2. The Morgan fingerprint density at radius 2 is 2.03 bits per heavy atom. The van der Waals surface area contributed by atoms with Crippen LogP contribution in [0.2, 0.25) is 0 Å². The van der Waals surface area contributed by atoms with E-state index in [0.717, 1.165) is 30.4 Å². The molecule has 1 amide bonds. The molecule has 1 fully saturated rings. The third-order valence-electron chi connectivity index (χ3n) is 8.32. The van der Waals surface area contributed by atoms with Gasteiger partial charge in [0.15, 0.2) is 23.7 Å². The molecule has 1 aliphatic heterocycles. The van der Waals surface area contributed by atoms with Gasteiger partial charge in [0.25, 0.3) is 0 Å². The summed E-state index contributed by atoms with van der Waals surface area (Å²) in [6, 6.07) is 3.93. The van der Waals surface area contributed by atoms with Crippen LogP contribution in [0.25, 0.3) is 0 Å². The maximum absolute atomic E-state index is 13.0. The molecule has 2 N–H and O–H groups in total. The Balaban J connectivity index is 1.27. The molecule has 1 aromatic carbocycles. The van der Waals surface area contributed by atoms with E-state index in [-0.39, 0.29) is 18.9 Å². The summed E-state index contributed by atoms with van der Waals surface area (Å²) >= 11 is 0. The lowest BCUT2D eigenvalue weighted by Gasteiger charge is -2.59. The number of aliphatic hydroxyl groups is 1. The number of ether oxygens (including phenoxy) is 5. The molecular weight excluding hydrogens is 506 g/mol. The van der Waals surface area contributed by atoms with Crippen molar-refractivity contribution >= 4 is 18.0 Å². The molecule has 5 rings (SSSR count). The van der Waals surface area contributed by atoms with E-state index in [9.17, 15) is 19.5 Å². The Bertz CT molecular complexity index is 1220. The first-order chi connectivity index (χ1) is 18.4. The molecule has 10 nitrogen and oxygen atoms in total. The van der Waals surface area contributed by atoms with Crippen LogP contribution in [0.1, 0.15) is 70.9 Å². The molecule has 0 saturated heterocycles. The van der Waals surface area contributed by atoms with Gasteiger partial charge >= 0.3 is 18.0 Å². The number of methoxy groups -OCH3 is 1. The zero-order chi connectivity index (χ0) is 28.2. The van der Waals surface area contributed by atoms with Gasteiger partial charge in [0.05, 0.1) is 24.5 Å². The van der Waals surface area contributed by atoms with Crippen LogP contribution in [0.5, 0.6) is 11.5 Å². The van der Waals surface area contributed by atoms with Crippen LogP contribution in [0, 0.1) is 5.92 Å². The summed E-state index contributed by atoms with van der Waals surface area (Å²) in [4.78, 5) is 37.0. The van der Waals surface area contributed by atoms with Crippen LogP contribution in [0.3, 0.4) is 0 Å². The number of hydrogen-bond acceptors (Lipinski definition) is 9. The van der Waals surface area contributed by atoms with E-state index in [4.69, 9.17) is 23.7 Å². The van der Waals surface area contributed by atoms with E-state index in [1.54, 1.807) is 34.0 Å². The van der Waals surface area contributed by atoms with Gasteiger partial charge < -0.3 is 34.1 Å². The van der Waals surface area contributed by atoms with E-state index in [1.807, 2.05) is 12.1 Å². The lowest BCUT2D eigenvalue weighted by molar-refractivity contribution is -0.171. The van der Waals surface area contributed by atoms with Gasteiger partial charge in [-0.05, 0) is 77.0 Å². The monoisotopic (exact) mass is 543 g/mol. The highest BCUT2D eigenvalue weighted by atomic mass is 16.6. The quantitative estimate of drug-likeness (QED) is 0.392. The van der Waals surface area contributed by atoms with E-state index in [1.165, 1.54) is 6.92 Å². The van der Waals surface area contributed by atoms with Crippen molar-refractivity contribution in [2.75, 3.05) is 13.7 Å². The molecule has 1 aromatic rings. The maximum Gasteiger partial charge on any atom is 0.407 e. The number of alkyl carbamates (subject to hydrolysis) is 1. The van der Waals surface area contributed by atoms with Crippen molar-refractivity contribution in [1.29, 1.82) is 0 Å². The smallest absolute Gasteiger partial charge is 0.407 e. The molecule has 0 unspecified atom stereocenters. The standard InChI is InChI=1S/C29H37NO9/c1-16(36-21(31)11-14-30-26(33)39-27(2,3)4)25(32)37-20-10-13-29(34)18-7-6-12-28(29)22-17(15-18)8-9-19(35-5)23(22)38-24(20)28/h8-10,16,18,24,34H,6-7,11-15H2,1-5H3,(H,30,33)/t16-,18+,24-,28-,29+/m0/s1. The highest BCUT2D eigenvalue weighted by Gasteiger charge is 2.71. The minimum atomic E-state index is -1.18. The largest absolute Gasteiger partial charge is 0.493 e. The predicted molar refractivity (Wildman–Crippen MR) is 138 cm³/mol. The third kappa shape index (κ3) is 4.52. The molecule has 39 heavy (non-hydrogen) atoms. The molecule has 1 spiro atoms. The van der Waals surface area contributed by atoms with Crippen LogP contribution in [0.4, 0.5) is 4.79 Å². The molecule has 4 aliphatic rings. The second-order valence-electron chi connectivity index (χ2n) is 11.9. The van der Waals surface area contributed by atoms with Crippen molar-refractivity contribution in [3.8, 4) is 11.5 Å². The molecule has 5 atom stereocenters. The Morgan fingerprint density at radius 1 is 1.26 bits per heavy atom. The number of carbonyl (C=O) groups is 3. The fraction of sp³-hybridized carbons (Fsp3) is 0.621. The molecule has 212 valence electrons. The van der Waals surface area contributed by atoms with E-state index >= 15 is 0 Å². The zero-order valence-electron chi connectivity index (χ0n) is 23.1. The highest BCUT2D eigenvalue weighted by molar-refractivity contribution is 5.80. The van der Waals surface area contributed by atoms with Gasteiger partial charge in [-0.1, -0.05) is 12.5 Å². The number of benzene rings is 1. The summed E-state index contributed by atoms with van der Waals surface area (Å²) in [5.41, 5.74) is -0.318. The lowest BCUT2D eigenvalue weighted by atomic mass is 9.47. The Morgan fingerprint density at radius 3 is 2.74 bits per heavy atom. The van der Waals surface area contributed by atoms with Gasteiger partial charge in [-0.2, -0.15) is 0 Å². The topological polar surface area (TPSA) is 130 Å². The average Bonchev–Trinajstić information content (AvgIpc) is 3.19. The van der Waals surface area contributed by atoms with Crippen LogP contribution in [-0.4, -0.2) is 60.2 Å². The van der Waals surface area contributed by atoms with Crippen LogP contribution in [-0.2, 0) is 35.6 Å². The van der Waals surface area contributed by atoms with Crippen molar-refractivity contribution in [2.24, 2.45) is 5.92 Å². The Kier molecular flexibility index (Phi) is 6.81. The first-order valence-corrected chi connectivity index (χ1v) is 13.6. The Hall–Kier alpha value is -3.27. The number of hydrogen-bond donors (Lipinski definition) is 2. The van der Waals surface area contributed by atoms with Crippen molar-refractivity contribution < 1.29 is 43.2 Å². The molecule has 10 heteroatoms. The van der Waals surface area contributed by atoms with Gasteiger partial charge in [-0.3, -0.25) is 4.79 Å². The molecule has 3 aliphatic carbocycles. The van der Waals surface area contributed by atoms with E-state index in [2.05, 4.69) is 5.32 Å². The first-order valence-electron chi connectivity index (χ1n) is 13.6. The van der Waals surface area contributed by atoms with Crippen molar-refractivity contribution in [2.45, 2.75) is 95.0 Å². The fourth-order valence-electron chi connectivity index (χ4n) is 6.77. The first kappa shape index (κ1) is 27.3. The molecule has 0 aromatic heterocycles. The van der Waals surface area contributed by atoms with Crippen molar-refractivity contribution in [3.63, 3.8) is 0 Å². The summed E-state index contributed by atoms with van der Waals surface area (Å²) in [6.45, 7) is 6.65. The summed E-state index contributed by atoms with van der Waals surface area (Å²) in [7, 11) is 1.58. The third-order valence-corrected chi connectivity index (χ3v) is 8.32. The van der Waals surface area contributed by atoms with Crippen LogP contribution >= 0.6 is 0 Å². The van der Waals surface area contributed by atoms with Gasteiger partial charge in [0, 0.05) is 12.1 Å². The van der Waals surface area contributed by atoms with E-state index in [0.29, 0.717) is 30.1 Å². The van der Waals surface area contributed by atoms with Gasteiger partial charge in [-0.25, -0.2) is 9.59 Å². The summed E-state index contributed by atoms with van der Waals surface area (Å²) in [5, 5.41) is 14.6. The van der Waals surface area contributed by atoms with Gasteiger partial charge in [-0.15, -0.1) is 0 Å². The molecule has 1 saturated carbocycles. The lowest BCUT2D eigenvalue weighted by Crippen LogP contribution is -2.67. The molecule has 1 heterocycles. The number of esters is 2. The average molecular weight is 544 g/mol. The van der Waals surface area contributed by atoms with Crippen LogP contribution < -0.4 is 14.8 Å². The minimum absolute atomic E-state index is 0.00127. The highest BCUT2D eigenvalue weighted by Crippen LogP contribution is 2.67. The second kappa shape index (κ2) is 9.73. The van der Waals surface area contributed by atoms with E-state index < -0.39 is 46.9 Å². The number of carbonyl (C=O) groups excluding carboxylic acids is 3. The SMILES string of the molecule is COc1ccc2c3c1O[C@H]1C(OC(=O)[C@H](C)OC(=O)CCNC(=O)OC(C)(C)C)=CC[C@@]4(O)[C@H](CCC[C@]314)C2. The summed E-state index contributed by atoms with van der Waals surface area (Å²) in [6.07, 6.45) is 2.72. The van der Waals surface area contributed by atoms with Crippen LogP contribution in [0.15, 0.2) is 24.0 Å². The van der Waals surface area contributed by atoms with Gasteiger partial charge in [0.1, 0.15) is 11.4 Å². The fourth-order valence-corrected chi connectivity index (χ4v) is 6.77. The Labute approximate surface area is 228 Å². The second-order valence-corrected chi connectivity index (χ2v) is 11.9. The number of rotatable bonds is 7. The number of nitrogens with one attached hydrogen (secondary N) is 1. The number of amides is 1. The summed E-state index contributed by atoms with van der Waals surface area (Å²) in [5.74, 6) is 0.156.